The predicted octanol–water partition coefficient (Wildman–Crippen LogP) is 2.87. The minimum atomic E-state index is 0.612. The van der Waals surface area contributed by atoms with E-state index < -0.39 is 0 Å². The lowest BCUT2D eigenvalue weighted by molar-refractivity contribution is 0.944. The van der Waals surface area contributed by atoms with Crippen LogP contribution in [0.5, 0.6) is 0 Å². The molecule has 0 amide bonds. The summed E-state index contributed by atoms with van der Waals surface area (Å²) in [5.41, 5.74) is 0.816. The molecule has 0 spiro atoms. The van der Waals surface area contributed by atoms with E-state index in [0.29, 0.717) is 12.5 Å². The second-order valence-electron chi connectivity index (χ2n) is 3.80. The quantitative estimate of drug-likeness (QED) is 0.805. The van der Waals surface area contributed by atoms with Gasteiger partial charge in [-0.1, -0.05) is 0 Å². The van der Waals surface area contributed by atoms with E-state index in [4.69, 9.17) is 0 Å². The monoisotopic (exact) mass is 323 g/mol. The van der Waals surface area contributed by atoms with Gasteiger partial charge < -0.3 is 5.32 Å². The van der Waals surface area contributed by atoms with Gasteiger partial charge in [-0.15, -0.1) is 16.4 Å². The van der Waals surface area contributed by atoms with Crippen LogP contribution >= 0.6 is 27.3 Å². The molecule has 3 aromatic heterocycles. The van der Waals surface area contributed by atoms with Crippen molar-refractivity contribution in [2.75, 3.05) is 5.32 Å². The molecule has 3 rings (SSSR count). The van der Waals surface area contributed by atoms with Crippen LogP contribution in [0.15, 0.2) is 29.0 Å². The molecule has 1 N–H and O–H groups in total. The molecular formula is C11H10BrN5S. The highest BCUT2D eigenvalue weighted by Gasteiger charge is 2.04. The minimum Gasteiger partial charge on any atom is -0.346 e. The fourth-order valence-corrected chi connectivity index (χ4v) is 2.62. The van der Waals surface area contributed by atoms with Crippen LogP contribution in [0.25, 0.3) is 5.65 Å². The van der Waals surface area contributed by atoms with E-state index in [2.05, 4.69) is 36.3 Å². The Kier molecular flexibility index (Phi) is 3.00. The molecule has 92 valence electrons. The van der Waals surface area contributed by atoms with Crippen molar-refractivity contribution >= 4 is 38.9 Å². The lowest BCUT2D eigenvalue weighted by Gasteiger charge is -1.96. The first kappa shape index (κ1) is 11.6. The SMILES string of the molecule is Cc1cnc(CNc2nc3ccc(Br)cn3n2)s1. The largest absolute Gasteiger partial charge is 0.346 e. The van der Waals surface area contributed by atoms with Gasteiger partial charge in [0.15, 0.2) is 5.65 Å². The standard InChI is InChI=1S/C11H10BrN5S/c1-7-4-13-10(18-7)5-14-11-15-9-3-2-8(12)6-17(9)16-11/h2-4,6H,5H2,1H3,(H,14,16). The number of halogens is 1. The molecule has 3 heterocycles. The number of hydrogen-bond acceptors (Lipinski definition) is 5. The zero-order valence-corrected chi connectivity index (χ0v) is 12.0. The average Bonchev–Trinajstić information content (AvgIpc) is 2.92. The molecule has 0 fully saturated rings. The third-order valence-corrected chi connectivity index (χ3v) is 3.74. The summed E-state index contributed by atoms with van der Waals surface area (Å²) in [4.78, 5) is 9.86. The van der Waals surface area contributed by atoms with Gasteiger partial charge in [0.25, 0.3) is 0 Å². The van der Waals surface area contributed by atoms with Gasteiger partial charge in [0.1, 0.15) is 5.01 Å². The van der Waals surface area contributed by atoms with Crippen LogP contribution in [0, 0.1) is 6.92 Å². The average molecular weight is 324 g/mol. The number of thiazole rings is 1. The Morgan fingerprint density at radius 3 is 3.11 bits per heavy atom. The summed E-state index contributed by atoms with van der Waals surface area (Å²) in [5.74, 6) is 0.612. The van der Waals surface area contributed by atoms with Crippen molar-refractivity contribution < 1.29 is 0 Å². The van der Waals surface area contributed by atoms with Crippen LogP contribution in [0.4, 0.5) is 5.95 Å². The Hall–Kier alpha value is -1.47. The summed E-state index contributed by atoms with van der Waals surface area (Å²) in [5, 5.41) is 8.54. The van der Waals surface area contributed by atoms with Crippen LogP contribution in [0.1, 0.15) is 9.88 Å². The molecule has 0 saturated heterocycles. The van der Waals surface area contributed by atoms with Crippen molar-refractivity contribution in [2.45, 2.75) is 13.5 Å². The third kappa shape index (κ3) is 2.37. The topological polar surface area (TPSA) is 55.1 Å². The summed E-state index contributed by atoms with van der Waals surface area (Å²) >= 11 is 5.08. The molecule has 0 unspecified atom stereocenters. The van der Waals surface area contributed by atoms with Crippen molar-refractivity contribution in [3.05, 3.63) is 38.9 Å². The van der Waals surface area contributed by atoms with Gasteiger partial charge >= 0.3 is 0 Å². The van der Waals surface area contributed by atoms with Crippen LogP contribution in [0.3, 0.4) is 0 Å². The summed E-state index contributed by atoms with van der Waals surface area (Å²) in [7, 11) is 0. The maximum atomic E-state index is 4.37. The lowest BCUT2D eigenvalue weighted by atomic mass is 10.5. The zero-order chi connectivity index (χ0) is 12.5. The number of hydrogen-bond donors (Lipinski definition) is 1. The molecule has 3 aromatic rings. The number of pyridine rings is 1. The van der Waals surface area contributed by atoms with Gasteiger partial charge in [0.05, 0.1) is 6.54 Å². The van der Waals surface area contributed by atoms with Crippen molar-refractivity contribution in [1.82, 2.24) is 19.6 Å². The van der Waals surface area contributed by atoms with Gasteiger partial charge in [0.2, 0.25) is 5.95 Å². The zero-order valence-electron chi connectivity index (χ0n) is 9.59. The Morgan fingerprint density at radius 1 is 1.44 bits per heavy atom. The Bertz CT molecular complexity index is 690. The molecule has 0 bridgehead atoms. The van der Waals surface area contributed by atoms with Gasteiger partial charge in [-0.05, 0) is 35.0 Å². The maximum absolute atomic E-state index is 4.37. The molecule has 0 aliphatic rings. The summed E-state index contributed by atoms with van der Waals surface area (Å²) < 4.78 is 2.71. The number of aryl methyl sites for hydroxylation is 1. The molecule has 0 aromatic carbocycles. The highest BCUT2D eigenvalue weighted by Crippen LogP contribution is 2.14. The Balaban J connectivity index is 1.78. The van der Waals surface area contributed by atoms with Gasteiger partial charge in [-0.25, -0.2) is 9.50 Å². The fraction of sp³-hybridized carbons (Fsp3) is 0.182. The van der Waals surface area contributed by atoms with Gasteiger partial charge in [-0.3, -0.25) is 0 Å². The molecule has 0 saturated carbocycles. The molecule has 7 heteroatoms. The highest BCUT2D eigenvalue weighted by molar-refractivity contribution is 9.10. The van der Waals surface area contributed by atoms with E-state index in [1.54, 1.807) is 15.9 Å². The third-order valence-electron chi connectivity index (χ3n) is 2.36. The lowest BCUT2D eigenvalue weighted by Crippen LogP contribution is -2.00. The van der Waals surface area contributed by atoms with E-state index in [-0.39, 0.29) is 0 Å². The number of nitrogens with zero attached hydrogens (tertiary/aromatic N) is 4. The van der Waals surface area contributed by atoms with Crippen LogP contribution < -0.4 is 5.32 Å². The molecular weight excluding hydrogens is 314 g/mol. The van der Waals surface area contributed by atoms with E-state index in [1.807, 2.05) is 31.5 Å². The van der Waals surface area contributed by atoms with Crippen molar-refractivity contribution in [3.8, 4) is 0 Å². The number of fused-ring (bicyclic) bond motifs is 1. The molecule has 0 atom stereocenters. The van der Waals surface area contributed by atoms with E-state index in [9.17, 15) is 0 Å². The van der Waals surface area contributed by atoms with E-state index in [1.165, 1.54) is 4.88 Å². The minimum absolute atomic E-state index is 0.612. The van der Waals surface area contributed by atoms with Crippen LogP contribution in [-0.2, 0) is 6.54 Å². The fourth-order valence-electron chi connectivity index (χ4n) is 1.57. The number of anilines is 1. The van der Waals surface area contributed by atoms with E-state index in [0.717, 1.165) is 15.1 Å². The Morgan fingerprint density at radius 2 is 2.33 bits per heavy atom. The number of aromatic nitrogens is 4. The van der Waals surface area contributed by atoms with Crippen molar-refractivity contribution in [1.29, 1.82) is 0 Å². The number of rotatable bonds is 3. The normalized spacial score (nSPS) is 11.0. The van der Waals surface area contributed by atoms with Gasteiger partial charge in [-0.2, -0.15) is 4.98 Å². The second-order valence-corrected chi connectivity index (χ2v) is 6.04. The highest BCUT2D eigenvalue weighted by atomic mass is 79.9. The van der Waals surface area contributed by atoms with Crippen molar-refractivity contribution in [2.24, 2.45) is 0 Å². The molecule has 0 aliphatic carbocycles. The first-order valence-corrected chi connectivity index (χ1v) is 6.99. The molecule has 0 aliphatic heterocycles. The number of nitrogens with one attached hydrogen (secondary N) is 1. The van der Waals surface area contributed by atoms with Crippen LogP contribution in [-0.4, -0.2) is 19.6 Å². The first-order valence-electron chi connectivity index (χ1n) is 5.38. The predicted molar refractivity (Wildman–Crippen MR) is 74.9 cm³/mol. The first-order chi connectivity index (χ1) is 8.70. The maximum Gasteiger partial charge on any atom is 0.243 e. The van der Waals surface area contributed by atoms with E-state index >= 15 is 0 Å². The van der Waals surface area contributed by atoms with Gasteiger partial charge in [0, 0.05) is 21.7 Å². The summed E-state index contributed by atoms with van der Waals surface area (Å²) in [6.45, 7) is 2.69. The smallest absolute Gasteiger partial charge is 0.243 e. The molecule has 5 nitrogen and oxygen atoms in total. The molecule has 0 radical (unpaired) electrons. The second kappa shape index (κ2) is 4.66. The summed E-state index contributed by atoms with van der Waals surface area (Å²) in [6, 6.07) is 3.85. The van der Waals surface area contributed by atoms with Crippen molar-refractivity contribution in [3.63, 3.8) is 0 Å². The Labute approximate surface area is 116 Å². The summed E-state index contributed by atoms with van der Waals surface area (Å²) in [6.07, 6.45) is 3.75. The van der Waals surface area contributed by atoms with Crippen LogP contribution in [0.2, 0.25) is 0 Å². The molecule has 18 heavy (non-hydrogen) atoms.